The van der Waals surface area contributed by atoms with Gasteiger partial charge in [-0.15, -0.1) is 0 Å². The highest BCUT2D eigenvalue weighted by Crippen LogP contribution is 2.23. The first-order valence-electron chi connectivity index (χ1n) is 5.95. The molecule has 0 aliphatic rings. The van der Waals surface area contributed by atoms with Crippen molar-refractivity contribution >= 4 is 21.7 Å². The molecule has 1 heterocycles. The maximum absolute atomic E-state index is 2.29. The second-order valence-electron chi connectivity index (χ2n) is 4.74. The third-order valence-electron chi connectivity index (χ3n) is 3.60. The Morgan fingerprint density at radius 1 is 0.882 bits per heavy atom. The van der Waals surface area contributed by atoms with E-state index in [-0.39, 0.29) is 0 Å². The molecule has 0 aliphatic carbocycles. The number of nitrogens with zero attached hydrogens (tertiary/aromatic N) is 1. The molecule has 3 aromatic rings. The van der Waals surface area contributed by atoms with Crippen molar-refractivity contribution in [3.63, 3.8) is 0 Å². The van der Waals surface area contributed by atoms with E-state index >= 15 is 0 Å². The van der Waals surface area contributed by atoms with Crippen LogP contribution in [0.1, 0.15) is 11.3 Å². The summed E-state index contributed by atoms with van der Waals surface area (Å²) in [5.41, 5.74) is 3.95. The Morgan fingerprint density at radius 3 is 2.24 bits per heavy atom. The number of hydrogen-bond donors (Lipinski definition) is 0. The molecule has 1 heteroatoms. The second-order valence-corrected chi connectivity index (χ2v) is 4.74. The summed E-state index contributed by atoms with van der Waals surface area (Å²) >= 11 is 0. The maximum Gasteiger partial charge on any atom is 0.213 e. The van der Waals surface area contributed by atoms with E-state index in [0.717, 1.165) is 0 Å². The van der Waals surface area contributed by atoms with Gasteiger partial charge in [0.15, 0.2) is 5.69 Å². The average molecular weight is 222 g/mol. The normalized spacial score (nSPS) is 11.2. The van der Waals surface area contributed by atoms with Crippen molar-refractivity contribution in [3.05, 3.63) is 53.7 Å². The molecule has 0 spiro atoms. The van der Waals surface area contributed by atoms with E-state index in [1.54, 1.807) is 0 Å². The molecular weight excluding hydrogens is 206 g/mol. The Bertz CT molecular complexity index is 726. The Balaban J connectivity index is 2.56. The number of rotatable bonds is 0. The van der Waals surface area contributed by atoms with E-state index < -0.39 is 0 Å². The lowest BCUT2D eigenvalue weighted by Crippen LogP contribution is -2.32. The van der Waals surface area contributed by atoms with E-state index in [4.69, 9.17) is 0 Å². The zero-order valence-corrected chi connectivity index (χ0v) is 10.5. The fourth-order valence-corrected chi connectivity index (χ4v) is 2.50. The smallest absolute Gasteiger partial charge is 0.199 e. The summed E-state index contributed by atoms with van der Waals surface area (Å²) in [6, 6.07) is 15.4. The van der Waals surface area contributed by atoms with Crippen LogP contribution in [0.3, 0.4) is 0 Å². The van der Waals surface area contributed by atoms with Gasteiger partial charge in [-0.2, -0.15) is 4.57 Å². The molecule has 0 aliphatic heterocycles. The first-order chi connectivity index (χ1) is 8.16. The Hall–Kier alpha value is -1.89. The van der Waals surface area contributed by atoms with Gasteiger partial charge in [0, 0.05) is 24.4 Å². The van der Waals surface area contributed by atoms with Crippen LogP contribution in [0.5, 0.6) is 0 Å². The molecule has 84 valence electrons. The zero-order chi connectivity index (χ0) is 12.0. The highest BCUT2D eigenvalue weighted by molar-refractivity contribution is 5.96. The summed E-state index contributed by atoms with van der Waals surface area (Å²) in [5, 5.41) is 3.96. The lowest BCUT2D eigenvalue weighted by Gasteiger charge is -2.05. The van der Waals surface area contributed by atoms with Crippen LogP contribution in [0.2, 0.25) is 0 Å². The molecule has 0 bridgehead atoms. The standard InChI is InChI=1S/C16H16N/c1-11-8-12(2)17(3)16-10-14-7-5-4-6-13(14)9-15(11)16/h4-10H,1-3H3/q+1. The van der Waals surface area contributed by atoms with E-state index in [9.17, 15) is 0 Å². The van der Waals surface area contributed by atoms with Crippen LogP contribution in [0.4, 0.5) is 0 Å². The Labute approximate surface area is 101 Å². The third-order valence-corrected chi connectivity index (χ3v) is 3.60. The van der Waals surface area contributed by atoms with Gasteiger partial charge in [-0.05, 0) is 29.3 Å². The van der Waals surface area contributed by atoms with Crippen LogP contribution in [0, 0.1) is 13.8 Å². The van der Waals surface area contributed by atoms with Crippen LogP contribution in [-0.4, -0.2) is 0 Å². The minimum Gasteiger partial charge on any atom is -0.199 e. The molecule has 1 nitrogen and oxygen atoms in total. The molecular formula is C16H16N+. The third kappa shape index (κ3) is 1.50. The fraction of sp³-hybridized carbons (Fsp3) is 0.188. The van der Waals surface area contributed by atoms with Crippen LogP contribution >= 0.6 is 0 Å². The molecule has 2 aromatic carbocycles. The molecule has 0 amide bonds. The predicted octanol–water partition coefficient (Wildman–Crippen LogP) is 3.43. The molecule has 1 aromatic heterocycles. The van der Waals surface area contributed by atoms with Gasteiger partial charge in [0.05, 0.1) is 0 Å². The number of hydrogen-bond acceptors (Lipinski definition) is 0. The van der Waals surface area contributed by atoms with Crippen molar-refractivity contribution < 1.29 is 4.57 Å². The maximum atomic E-state index is 2.29. The topological polar surface area (TPSA) is 3.88 Å². The van der Waals surface area contributed by atoms with Gasteiger partial charge >= 0.3 is 0 Å². The van der Waals surface area contributed by atoms with Crippen LogP contribution in [-0.2, 0) is 7.05 Å². The van der Waals surface area contributed by atoms with E-state index in [1.807, 2.05) is 0 Å². The second kappa shape index (κ2) is 3.56. The lowest BCUT2D eigenvalue weighted by atomic mass is 10.0. The number of aryl methyl sites for hydroxylation is 3. The van der Waals surface area contributed by atoms with Gasteiger partial charge in [0.25, 0.3) is 0 Å². The van der Waals surface area contributed by atoms with E-state index in [0.29, 0.717) is 0 Å². The predicted molar refractivity (Wildman–Crippen MR) is 72.1 cm³/mol. The van der Waals surface area contributed by atoms with Gasteiger partial charge in [-0.25, -0.2) is 0 Å². The SMILES string of the molecule is Cc1cc(C)[n+](C)c2cc3ccccc3cc12. The Morgan fingerprint density at radius 2 is 1.53 bits per heavy atom. The molecule has 0 saturated heterocycles. The fourth-order valence-electron chi connectivity index (χ4n) is 2.50. The van der Waals surface area contributed by atoms with Crippen molar-refractivity contribution in [1.29, 1.82) is 0 Å². The molecule has 17 heavy (non-hydrogen) atoms. The highest BCUT2D eigenvalue weighted by atomic mass is 14.9. The van der Waals surface area contributed by atoms with E-state index in [1.165, 1.54) is 32.9 Å². The Kier molecular flexibility index (Phi) is 2.15. The monoisotopic (exact) mass is 222 g/mol. The molecule has 0 radical (unpaired) electrons. The van der Waals surface area contributed by atoms with Gasteiger partial charge in [-0.1, -0.05) is 24.3 Å². The largest absolute Gasteiger partial charge is 0.213 e. The average Bonchev–Trinajstić information content (AvgIpc) is 2.34. The highest BCUT2D eigenvalue weighted by Gasteiger charge is 2.11. The summed E-state index contributed by atoms with van der Waals surface area (Å²) in [4.78, 5) is 0. The van der Waals surface area contributed by atoms with Gasteiger partial charge in [0.1, 0.15) is 7.05 Å². The van der Waals surface area contributed by atoms with Crippen LogP contribution in [0.15, 0.2) is 42.5 Å². The summed E-state index contributed by atoms with van der Waals surface area (Å²) in [6.07, 6.45) is 0. The molecule has 0 N–H and O–H groups in total. The van der Waals surface area contributed by atoms with Gasteiger partial charge < -0.3 is 0 Å². The first-order valence-corrected chi connectivity index (χ1v) is 5.95. The minimum atomic E-state index is 1.30. The quantitative estimate of drug-likeness (QED) is 0.405. The molecule has 3 rings (SSSR count). The first kappa shape index (κ1) is 10.3. The van der Waals surface area contributed by atoms with Crippen LogP contribution < -0.4 is 4.57 Å². The molecule has 0 atom stereocenters. The molecule has 0 saturated carbocycles. The van der Waals surface area contributed by atoms with Crippen molar-refractivity contribution in [3.8, 4) is 0 Å². The van der Waals surface area contributed by atoms with Crippen molar-refractivity contribution in [2.24, 2.45) is 7.05 Å². The van der Waals surface area contributed by atoms with Crippen molar-refractivity contribution in [2.75, 3.05) is 0 Å². The summed E-state index contributed by atoms with van der Waals surface area (Å²) in [6.45, 7) is 4.34. The number of benzene rings is 2. The van der Waals surface area contributed by atoms with Crippen LogP contribution in [0.25, 0.3) is 21.7 Å². The minimum absolute atomic E-state index is 1.30. The number of fused-ring (bicyclic) bond motifs is 2. The van der Waals surface area contributed by atoms with Gasteiger partial charge in [0.2, 0.25) is 5.52 Å². The van der Waals surface area contributed by atoms with Crippen molar-refractivity contribution in [1.82, 2.24) is 0 Å². The summed E-state index contributed by atoms with van der Waals surface area (Å²) in [5.74, 6) is 0. The molecule has 0 fully saturated rings. The number of aromatic nitrogens is 1. The van der Waals surface area contributed by atoms with Gasteiger partial charge in [-0.3, -0.25) is 0 Å². The van der Waals surface area contributed by atoms with E-state index in [2.05, 4.69) is 67.9 Å². The van der Waals surface area contributed by atoms with Crippen molar-refractivity contribution in [2.45, 2.75) is 13.8 Å². The summed E-state index contributed by atoms with van der Waals surface area (Å²) in [7, 11) is 2.13. The molecule has 0 unspecified atom stereocenters. The zero-order valence-electron chi connectivity index (χ0n) is 10.5. The number of pyridine rings is 1. The summed E-state index contributed by atoms with van der Waals surface area (Å²) < 4.78 is 2.26. The lowest BCUT2D eigenvalue weighted by molar-refractivity contribution is -0.651.